The fraction of sp³-hybridized carbons (Fsp3) is 0.200. The topological polar surface area (TPSA) is 136 Å². The first kappa shape index (κ1) is 31.5. The molecule has 0 amide bonds. The number of unbranched alkanes of at least 4 members (excludes halogenated alkanes) is 3. The van der Waals surface area contributed by atoms with E-state index in [0.29, 0.717) is 6.42 Å². The smallest absolute Gasteiger partial charge is 0.343 e. The standard InChI is InChI=1S/C35H32O9/c1-3-4-5-14-21-43-35(41)26-27(29(36)22-15-8-6-9-16-22)31(38)32(39)33(44-34(40)23-17-10-7-11-18-23)28(26)30(37)24-19-12-13-20-25(24)42-2/h6-13,15-20,38-39H,3-5,14,21H2,1-2H3. The molecule has 0 saturated heterocycles. The van der Waals surface area contributed by atoms with Crippen LogP contribution in [0.2, 0.25) is 0 Å². The van der Waals surface area contributed by atoms with Gasteiger partial charge in [-0.05, 0) is 30.7 Å². The second-order valence-corrected chi connectivity index (χ2v) is 9.83. The van der Waals surface area contributed by atoms with Crippen LogP contribution in [0, 0.1) is 0 Å². The molecule has 0 aliphatic heterocycles. The van der Waals surface area contributed by atoms with Crippen molar-refractivity contribution >= 4 is 23.5 Å². The molecule has 0 saturated carbocycles. The first-order chi connectivity index (χ1) is 21.3. The molecule has 0 heterocycles. The fourth-order valence-corrected chi connectivity index (χ4v) is 4.63. The Kier molecular flexibility index (Phi) is 10.5. The van der Waals surface area contributed by atoms with Crippen molar-refractivity contribution < 1.29 is 43.6 Å². The van der Waals surface area contributed by atoms with Crippen molar-refractivity contribution in [3.63, 3.8) is 0 Å². The zero-order valence-electron chi connectivity index (χ0n) is 24.4. The van der Waals surface area contributed by atoms with Crippen molar-refractivity contribution in [1.29, 1.82) is 0 Å². The van der Waals surface area contributed by atoms with Gasteiger partial charge in [0, 0.05) is 5.56 Å². The minimum atomic E-state index is -1.12. The molecule has 4 rings (SSSR count). The van der Waals surface area contributed by atoms with Crippen LogP contribution in [0.5, 0.6) is 23.0 Å². The van der Waals surface area contributed by atoms with Crippen molar-refractivity contribution in [2.24, 2.45) is 0 Å². The molecule has 44 heavy (non-hydrogen) atoms. The molecule has 0 aliphatic carbocycles. The Balaban J connectivity index is 2.00. The Labute approximate surface area is 254 Å². The van der Waals surface area contributed by atoms with Crippen LogP contribution >= 0.6 is 0 Å². The lowest BCUT2D eigenvalue weighted by molar-refractivity contribution is 0.0489. The summed E-state index contributed by atoms with van der Waals surface area (Å²) in [6.07, 6.45) is 3.14. The Morgan fingerprint density at radius 3 is 1.89 bits per heavy atom. The van der Waals surface area contributed by atoms with Crippen LogP contribution in [0.15, 0.2) is 84.9 Å². The van der Waals surface area contributed by atoms with Gasteiger partial charge in [-0.3, -0.25) is 9.59 Å². The van der Waals surface area contributed by atoms with E-state index in [-0.39, 0.29) is 29.0 Å². The fourth-order valence-electron chi connectivity index (χ4n) is 4.63. The zero-order chi connectivity index (χ0) is 31.6. The van der Waals surface area contributed by atoms with Crippen LogP contribution < -0.4 is 9.47 Å². The molecule has 0 fully saturated rings. The molecule has 0 atom stereocenters. The molecule has 0 radical (unpaired) electrons. The highest BCUT2D eigenvalue weighted by Gasteiger charge is 2.38. The van der Waals surface area contributed by atoms with Gasteiger partial charge in [0.2, 0.25) is 11.5 Å². The average molecular weight is 597 g/mol. The van der Waals surface area contributed by atoms with Gasteiger partial charge in [-0.1, -0.05) is 86.8 Å². The number of para-hydroxylation sites is 1. The number of aromatic hydroxyl groups is 2. The summed E-state index contributed by atoms with van der Waals surface area (Å²) in [5.41, 5.74) is -1.92. The molecule has 0 bridgehead atoms. The Hall–Kier alpha value is -5.44. The molecule has 0 aliphatic rings. The SMILES string of the molecule is CCCCCCOC(=O)c1c(C(=O)c2ccccc2)c(O)c(O)c(OC(=O)c2ccccc2)c1C(=O)c1ccccc1OC. The van der Waals surface area contributed by atoms with E-state index in [1.165, 1.54) is 43.5 Å². The normalized spacial score (nSPS) is 10.6. The predicted octanol–water partition coefficient (Wildman–Crippen LogP) is 6.52. The van der Waals surface area contributed by atoms with Gasteiger partial charge < -0.3 is 24.4 Å². The van der Waals surface area contributed by atoms with E-state index in [0.717, 1.165) is 19.3 Å². The Morgan fingerprint density at radius 1 is 0.636 bits per heavy atom. The number of hydrogen-bond donors (Lipinski definition) is 2. The molecule has 0 spiro atoms. The number of phenolic OH excluding ortho intramolecular Hbond substituents is 2. The lowest BCUT2D eigenvalue weighted by Gasteiger charge is -2.20. The molecule has 4 aromatic carbocycles. The number of hydrogen-bond acceptors (Lipinski definition) is 9. The third-order valence-corrected chi connectivity index (χ3v) is 6.88. The summed E-state index contributed by atoms with van der Waals surface area (Å²) < 4.78 is 16.4. The number of ketones is 2. The predicted molar refractivity (Wildman–Crippen MR) is 162 cm³/mol. The minimum absolute atomic E-state index is 0.0408. The minimum Gasteiger partial charge on any atom is -0.504 e. The van der Waals surface area contributed by atoms with Crippen molar-refractivity contribution in [1.82, 2.24) is 0 Å². The summed E-state index contributed by atoms with van der Waals surface area (Å²) in [5.74, 6) is -6.73. The van der Waals surface area contributed by atoms with E-state index in [1.807, 2.05) is 6.92 Å². The van der Waals surface area contributed by atoms with Crippen LogP contribution in [0.1, 0.15) is 85.2 Å². The van der Waals surface area contributed by atoms with E-state index < -0.39 is 57.4 Å². The van der Waals surface area contributed by atoms with E-state index in [1.54, 1.807) is 48.5 Å². The van der Waals surface area contributed by atoms with Gasteiger partial charge in [0.15, 0.2) is 17.3 Å². The lowest BCUT2D eigenvalue weighted by Crippen LogP contribution is -2.22. The van der Waals surface area contributed by atoms with Crippen LogP contribution in [0.25, 0.3) is 0 Å². The average Bonchev–Trinajstić information content (AvgIpc) is 3.06. The largest absolute Gasteiger partial charge is 0.504 e. The van der Waals surface area contributed by atoms with Crippen LogP contribution in [-0.4, -0.2) is 47.4 Å². The van der Waals surface area contributed by atoms with Gasteiger partial charge in [0.05, 0.1) is 41.5 Å². The highest BCUT2D eigenvalue weighted by molar-refractivity contribution is 6.24. The highest BCUT2D eigenvalue weighted by Crippen LogP contribution is 2.47. The number of carbonyl (C=O) groups is 4. The zero-order valence-corrected chi connectivity index (χ0v) is 24.4. The number of rotatable bonds is 13. The lowest BCUT2D eigenvalue weighted by atomic mass is 9.88. The number of methoxy groups -OCH3 is 1. The molecular weight excluding hydrogens is 564 g/mol. The van der Waals surface area contributed by atoms with Crippen molar-refractivity contribution in [2.45, 2.75) is 32.6 Å². The van der Waals surface area contributed by atoms with E-state index in [9.17, 15) is 29.4 Å². The monoisotopic (exact) mass is 596 g/mol. The number of phenols is 2. The van der Waals surface area contributed by atoms with E-state index in [2.05, 4.69) is 0 Å². The maximum atomic E-state index is 14.3. The molecule has 2 N–H and O–H groups in total. The van der Waals surface area contributed by atoms with Gasteiger partial charge in [-0.2, -0.15) is 0 Å². The van der Waals surface area contributed by atoms with Crippen molar-refractivity contribution in [3.05, 3.63) is 118 Å². The maximum absolute atomic E-state index is 14.3. The van der Waals surface area contributed by atoms with Gasteiger partial charge >= 0.3 is 11.9 Å². The van der Waals surface area contributed by atoms with Gasteiger partial charge in [-0.25, -0.2) is 9.59 Å². The second kappa shape index (κ2) is 14.6. The molecule has 226 valence electrons. The first-order valence-corrected chi connectivity index (χ1v) is 14.1. The Morgan fingerprint density at radius 2 is 1.25 bits per heavy atom. The van der Waals surface area contributed by atoms with Gasteiger partial charge in [-0.15, -0.1) is 0 Å². The van der Waals surface area contributed by atoms with E-state index in [4.69, 9.17) is 14.2 Å². The maximum Gasteiger partial charge on any atom is 0.343 e. The molecular formula is C35H32O9. The van der Waals surface area contributed by atoms with Gasteiger partial charge in [0.1, 0.15) is 5.75 Å². The molecule has 0 unspecified atom stereocenters. The summed E-state index contributed by atoms with van der Waals surface area (Å²) in [6, 6.07) is 21.5. The number of benzene rings is 4. The molecule has 0 aromatic heterocycles. The van der Waals surface area contributed by atoms with E-state index >= 15 is 0 Å². The van der Waals surface area contributed by atoms with Crippen molar-refractivity contribution in [2.75, 3.05) is 13.7 Å². The van der Waals surface area contributed by atoms with Crippen LogP contribution in [0.4, 0.5) is 0 Å². The van der Waals surface area contributed by atoms with Crippen molar-refractivity contribution in [3.8, 4) is 23.0 Å². The highest BCUT2D eigenvalue weighted by atomic mass is 16.5. The first-order valence-electron chi connectivity index (χ1n) is 14.1. The third kappa shape index (κ3) is 6.78. The summed E-state index contributed by atoms with van der Waals surface area (Å²) >= 11 is 0. The van der Waals surface area contributed by atoms with Crippen LogP contribution in [-0.2, 0) is 4.74 Å². The number of carbonyl (C=O) groups excluding carboxylic acids is 4. The summed E-state index contributed by atoms with van der Waals surface area (Å²) in [4.78, 5) is 55.1. The van der Waals surface area contributed by atoms with Crippen LogP contribution in [0.3, 0.4) is 0 Å². The quantitative estimate of drug-likeness (QED) is 0.0581. The molecule has 9 heteroatoms. The summed E-state index contributed by atoms with van der Waals surface area (Å²) in [7, 11) is 1.34. The van der Waals surface area contributed by atoms with Gasteiger partial charge in [0.25, 0.3) is 0 Å². The second-order valence-electron chi connectivity index (χ2n) is 9.83. The Bertz CT molecular complexity index is 1660. The summed E-state index contributed by atoms with van der Waals surface area (Å²) in [6.45, 7) is 1.99. The summed E-state index contributed by atoms with van der Waals surface area (Å²) in [5, 5.41) is 22.5. The molecule has 9 nitrogen and oxygen atoms in total. The molecule has 4 aromatic rings. The number of ether oxygens (including phenoxy) is 3. The number of esters is 2. The third-order valence-electron chi connectivity index (χ3n) is 6.88.